The molecule has 5 heteroatoms. The molecule has 1 aliphatic heterocycles. The van der Waals surface area contributed by atoms with Crippen LogP contribution in [0.2, 0.25) is 0 Å². The lowest BCUT2D eigenvalue weighted by Gasteiger charge is -2.35. The van der Waals surface area contributed by atoms with Gasteiger partial charge >= 0.3 is 0 Å². The molecule has 4 nitrogen and oxygen atoms in total. The highest BCUT2D eigenvalue weighted by Gasteiger charge is 2.21. The number of piperazine rings is 1. The molecule has 1 aliphatic rings. The average Bonchev–Trinajstić information content (AvgIpc) is 2.95. The summed E-state index contributed by atoms with van der Waals surface area (Å²) in [4.78, 5) is 4.82. The number of halogens is 1. The number of hydrogen-bond acceptors (Lipinski definition) is 3. The van der Waals surface area contributed by atoms with Gasteiger partial charge in [-0.1, -0.05) is 30.3 Å². The van der Waals surface area contributed by atoms with Crippen molar-refractivity contribution in [2.24, 2.45) is 0 Å². The van der Waals surface area contributed by atoms with Gasteiger partial charge in [-0.25, -0.2) is 4.39 Å². The molecule has 154 valence electrons. The number of benzene rings is 2. The molecule has 0 bridgehead atoms. The number of hydrogen-bond donors (Lipinski definition) is 1. The SMILES string of the molecule is Cc1c(C)n(C[C@@H](O)CN2CCN(Cc3ccccc3)CC2)c2ccc(F)cc12. The maximum Gasteiger partial charge on any atom is 0.123 e. The van der Waals surface area contributed by atoms with Crippen LogP contribution in [0.1, 0.15) is 16.8 Å². The van der Waals surface area contributed by atoms with Crippen LogP contribution in [0.3, 0.4) is 0 Å². The van der Waals surface area contributed by atoms with Gasteiger partial charge in [0.05, 0.1) is 12.6 Å². The summed E-state index contributed by atoms with van der Waals surface area (Å²) in [5.74, 6) is -0.216. The summed E-state index contributed by atoms with van der Waals surface area (Å²) in [6, 6.07) is 15.5. The van der Waals surface area contributed by atoms with Crippen LogP contribution >= 0.6 is 0 Å². The van der Waals surface area contributed by atoms with Crippen molar-refractivity contribution in [2.75, 3.05) is 32.7 Å². The van der Waals surface area contributed by atoms with Gasteiger partial charge in [0, 0.05) is 55.9 Å². The van der Waals surface area contributed by atoms with Crippen molar-refractivity contribution >= 4 is 10.9 Å². The second kappa shape index (κ2) is 8.66. The highest BCUT2D eigenvalue weighted by Crippen LogP contribution is 2.26. The van der Waals surface area contributed by atoms with Gasteiger partial charge in [0.2, 0.25) is 0 Å². The Bertz CT molecular complexity index is 961. The smallest absolute Gasteiger partial charge is 0.123 e. The molecule has 2 heterocycles. The minimum absolute atomic E-state index is 0.216. The van der Waals surface area contributed by atoms with Crippen LogP contribution in [0.15, 0.2) is 48.5 Å². The van der Waals surface area contributed by atoms with E-state index < -0.39 is 6.10 Å². The van der Waals surface area contributed by atoms with E-state index in [9.17, 15) is 9.50 Å². The third-order valence-electron chi connectivity index (χ3n) is 6.18. The van der Waals surface area contributed by atoms with Crippen LogP contribution in [0.5, 0.6) is 0 Å². The summed E-state index contributed by atoms with van der Waals surface area (Å²) < 4.78 is 15.8. The molecule has 4 rings (SSSR count). The summed E-state index contributed by atoms with van der Waals surface area (Å²) in [5, 5.41) is 11.7. The van der Waals surface area contributed by atoms with E-state index in [1.54, 1.807) is 6.07 Å². The Morgan fingerprint density at radius 3 is 2.34 bits per heavy atom. The fourth-order valence-electron chi connectivity index (χ4n) is 4.40. The maximum absolute atomic E-state index is 13.6. The molecule has 0 amide bonds. The van der Waals surface area contributed by atoms with Gasteiger partial charge in [-0.15, -0.1) is 0 Å². The summed E-state index contributed by atoms with van der Waals surface area (Å²) in [7, 11) is 0. The van der Waals surface area contributed by atoms with Crippen LogP contribution in [0.4, 0.5) is 4.39 Å². The third-order valence-corrected chi connectivity index (χ3v) is 6.18. The standard InChI is InChI=1S/C24H30FN3O/c1-18-19(2)28(24-9-8-21(25)14-23(18)24)17-22(29)16-27-12-10-26(11-13-27)15-20-6-4-3-5-7-20/h3-9,14,22,29H,10-13,15-17H2,1-2H3/t22-/m0/s1. The number of aliphatic hydroxyl groups excluding tert-OH is 1. The molecule has 0 aliphatic carbocycles. The molecule has 1 fully saturated rings. The molecule has 1 saturated heterocycles. The zero-order valence-electron chi connectivity index (χ0n) is 17.3. The van der Waals surface area contributed by atoms with E-state index in [1.807, 2.05) is 19.9 Å². The van der Waals surface area contributed by atoms with E-state index in [4.69, 9.17) is 0 Å². The molecule has 1 N–H and O–H groups in total. The number of β-amino-alcohol motifs (C(OH)–C–C–N with tert-alkyl or cyclic N) is 1. The topological polar surface area (TPSA) is 31.6 Å². The maximum atomic E-state index is 13.6. The zero-order valence-corrected chi connectivity index (χ0v) is 17.3. The van der Waals surface area contributed by atoms with Crippen LogP contribution < -0.4 is 0 Å². The summed E-state index contributed by atoms with van der Waals surface area (Å²) in [6.07, 6.45) is -0.450. The number of fused-ring (bicyclic) bond motifs is 1. The fourth-order valence-corrected chi connectivity index (χ4v) is 4.40. The number of rotatable bonds is 6. The van der Waals surface area contributed by atoms with Crippen molar-refractivity contribution in [1.29, 1.82) is 0 Å². The van der Waals surface area contributed by atoms with Gasteiger partial charge in [-0.3, -0.25) is 9.80 Å². The molecule has 0 saturated carbocycles. The van der Waals surface area contributed by atoms with Crippen LogP contribution in [0, 0.1) is 19.7 Å². The highest BCUT2D eigenvalue weighted by molar-refractivity contribution is 5.85. The highest BCUT2D eigenvalue weighted by atomic mass is 19.1. The summed E-state index contributed by atoms with van der Waals surface area (Å²) in [5.41, 5.74) is 4.52. The first kappa shape index (κ1) is 20.1. The largest absolute Gasteiger partial charge is 0.390 e. The van der Waals surface area contributed by atoms with Gasteiger partial charge in [0.15, 0.2) is 0 Å². The molecule has 2 aromatic carbocycles. The number of aliphatic hydroxyl groups is 1. The van der Waals surface area contributed by atoms with Crippen LogP contribution in [-0.4, -0.2) is 58.3 Å². The molecule has 1 atom stereocenters. The van der Waals surface area contributed by atoms with Crippen molar-refractivity contribution in [2.45, 2.75) is 33.0 Å². The second-order valence-corrected chi connectivity index (χ2v) is 8.20. The second-order valence-electron chi connectivity index (χ2n) is 8.20. The van der Waals surface area contributed by atoms with E-state index in [-0.39, 0.29) is 5.82 Å². The lowest BCUT2D eigenvalue weighted by molar-refractivity contribution is 0.0626. The van der Waals surface area contributed by atoms with Crippen LogP contribution in [0.25, 0.3) is 10.9 Å². The number of nitrogens with zero attached hydrogens (tertiary/aromatic N) is 3. The van der Waals surface area contributed by atoms with E-state index in [2.05, 4.69) is 44.7 Å². The molecule has 0 unspecified atom stereocenters. The monoisotopic (exact) mass is 395 g/mol. The molecule has 29 heavy (non-hydrogen) atoms. The quantitative estimate of drug-likeness (QED) is 0.692. The van der Waals surface area contributed by atoms with Crippen molar-refractivity contribution in [3.05, 3.63) is 71.2 Å². The van der Waals surface area contributed by atoms with E-state index in [0.29, 0.717) is 13.1 Å². The van der Waals surface area contributed by atoms with Gasteiger partial charge in [-0.2, -0.15) is 0 Å². The fraction of sp³-hybridized carbons (Fsp3) is 0.417. The normalized spacial score (nSPS) is 17.1. The van der Waals surface area contributed by atoms with Crippen molar-refractivity contribution in [3.8, 4) is 0 Å². The first-order valence-corrected chi connectivity index (χ1v) is 10.4. The summed E-state index contributed by atoms with van der Waals surface area (Å²) >= 11 is 0. The Labute approximate surface area is 172 Å². The Balaban J connectivity index is 1.33. The van der Waals surface area contributed by atoms with Crippen molar-refractivity contribution in [3.63, 3.8) is 0 Å². The predicted octanol–water partition coefficient (Wildman–Crippen LogP) is 3.58. The van der Waals surface area contributed by atoms with Crippen molar-refractivity contribution < 1.29 is 9.50 Å². The Hall–Kier alpha value is -2.21. The third kappa shape index (κ3) is 4.53. The first-order chi connectivity index (χ1) is 14.0. The lowest BCUT2D eigenvalue weighted by Crippen LogP contribution is -2.48. The Morgan fingerprint density at radius 1 is 0.931 bits per heavy atom. The molecular formula is C24H30FN3O. The lowest BCUT2D eigenvalue weighted by atomic mass is 10.1. The molecular weight excluding hydrogens is 365 g/mol. The Kier molecular flexibility index (Phi) is 5.99. The first-order valence-electron chi connectivity index (χ1n) is 10.4. The van der Waals surface area contributed by atoms with Gasteiger partial charge in [0.25, 0.3) is 0 Å². The minimum Gasteiger partial charge on any atom is -0.390 e. The van der Waals surface area contributed by atoms with E-state index in [1.165, 1.54) is 11.6 Å². The molecule has 1 aromatic heterocycles. The van der Waals surface area contributed by atoms with Crippen LogP contribution in [-0.2, 0) is 13.1 Å². The van der Waals surface area contributed by atoms with E-state index in [0.717, 1.165) is 54.9 Å². The van der Waals surface area contributed by atoms with Gasteiger partial charge in [0.1, 0.15) is 5.82 Å². The molecule has 3 aromatic rings. The minimum atomic E-state index is -0.450. The molecule has 0 spiro atoms. The average molecular weight is 396 g/mol. The van der Waals surface area contributed by atoms with Gasteiger partial charge < -0.3 is 9.67 Å². The summed E-state index contributed by atoms with van der Waals surface area (Å²) in [6.45, 7) is 10.2. The number of aryl methyl sites for hydroxylation is 1. The Morgan fingerprint density at radius 2 is 1.62 bits per heavy atom. The van der Waals surface area contributed by atoms with Crippen molar-refractivity contribution in [1.82, 2.24) is 14.4 Å². The molecule has 0 radical (unpaired) electrons. The van der Waals surface area contributed by atoms with Gasteiger partial charge in [-0.05, 0) is 43.2 Å². The predicted molar refractivity (Wildman–Crippen MR) is 116 cm³/mol. The zero-order chi connectivity index (χ0) is 20.4. The number of aromatic nitrogens is 1. The van der Waals surface area contributed by atoms with E-state index >= 15 is 0 Å².